The van der Waals surface area contributed by atoms with Crippen molar-refractivity contribution in [1.82, 2.24) is 9.88 Å². The van der Waals surface area contributed by atoms with Crippen molar-refractivity contribution < 1.29 is 14.3 Å². The van der Waals surface area contributed by atoms with Crippen LogP contribution in [0, 0.1) is 11.8 Å². The molecule has 29 heavy (non-hydrogen) atoms. The van der Waals surface area contributed by atoms with Gasteiger partial charge in [0.2, 0.25) is 0 Å². The maximum Gasteiger partial charge on any atom is 0.262 e. The molecule has 5 nitrogen and oxygen atoms in total. The highest BCUT2D eigenvalue weighted by molar-refractivity contribution is 6.21. The smallest absolute Gasteiger partial charge is 0.262 e. The minimum Gasteiger partial charge on any atom is -0.495 e. The standard InChI is InChI=1S/C24H24N2O3/c1-29-20-13-25-7-6-19(20)23-9-15-8-16(10-23)12-24(11-15,14-23)26-21(27)17-4-2-3-5-18(17)22(26)28/h2-7,13,15-16H,8-12,14H2,1H3. The second kappa shape index (κ2) is 5.68. The molecule has 5 aliphatic rings. The van der Waals surface area contributed by atoms with Crippen molar-refractivity contribution in [3.63, 3.8) is 0 Å². The molecule has 1 aromatic carbocycles. The van der Waals surface area contributed by atoms with E-state index >= 15 is 0 Å². The average molecular weight is 388 g/mol. The van der Waals surface area contributed by atoms with Gasteiger partial charge in [-0.2, -0.15) is 0 Å². The van der Waals surface area contributed by atoms with Crippen LogP contribution in [0.15, 0.2) is 42.7 Å². The molecule has 0 spiro atoms. The number of aromatic nitrogens is 1. The van der Waals surface area contributed by atoms with Crippen LogP contribution in [0.4, 0.5) is 0 Å². The van der Waals surface area contributed by atoms with Gasteiger partial charge in [0.1, 0.15) is 5.75 Å². The first-order valence-corrected chi connectivity index (χ1v) is 10.5. The second-order valence-corrected chi connectivity index (χ2v) is 9.53. The van der Waals surface area contributed by atoms with Crippen molar-refractivity contribution in [2.24, 2.45) is 11.8 Å². The molecule has 2 unspecified atom stereocenters. The number of carbonyl (C=O) groups excluding carboxylic acids is 2. The van der Waals surface area contributed by atoms with Gasteiger partial charge in [0.25, 0.3) is 11.8 Å². The zero-order valence-electron chi connectivity index (χ0n) is 16.6. The van der Waals surface area contributed by atoms with E-state index in [4.69, 9.17) is 4.74 Å². The van der Waals surface area contributed by atoms with Gasteiger partial charge in [-0.15, -0.1) is 0 Å². The summed E-state index contributed by atoms with van der Waals surface area (Å²) in [5.41, 5.74) is 1.89. The Labute approximate surface area is 170 Å². The molecule has 2 aromatic rings. The largest absolute Gasteiger partial charge is 0.495 e. The van der Waals surface area contributed by atoms with Crippen LogP contribution in [-0.4, -0.2) is 34.3 Å². The van der Waals surface area contributed by atoms with Crippen LogP contribution in [0.1, 0.15) is 64.8 Å². The van der Waals surface area contributed by atoms with Crippen molar-refractivity contribution in [2.75, 3.05) is 7.11 Å². The molecule has 4 bridgehead atoms. The van der Waals surface area contributed by atoms with Crippen LogP contribution in [0.2, 0.25) is 0 Å². The molecule has 2 atom stereocenters. The van der Waals surface area contributed by atoms with Gasteiger partial charge >= 0.3 is 0 Å². The molecule has 2 amide bonds. The quantitative estimate of drug-likeness (QED) is 0.747. The van der Waals surface area contributed by atoms with Crippen LogP contribution < -0.4 is 4.74 Å². The molecule has 4 fully saturated rings. The lowest BCUT2D eigenvalue weighted by molar-refractivity contribution is -0.0777. The van der Waals surface area contributed by atoms with E-state index < -0.39 is 0 Å². The number of nitrogens with zero attached hydrogens (tertiary/aromatic N) is 2. The fourth-order valence-electron chi connectivity index (χ4n) is 7.39. The van der Waals surface area contributed by atoms with Gasteiger partial charge in [0.05, 0.1) is 30.0 Å². The normalized spacial score (nSPS) is 34.6. The molecule has 0 radical (unpaired) electrons. The van der Waals surface area contributed by atoms with Gasteiger partial charge in [-0.05, 0) is 68.6 Å². The minimum atomic E-state index is -0.383. The monoisotopic (exact) mass is 388 g/mol. The highest BCUT2D eigenvalue weighted by Gasteiger charge is 2.63. The van der Waals surface area contributed by atoms with E-state index in [1.807, 2.05) is 18.3 Å². The van der Waals surface area contributed by atoms with Gasteiger partial charge in [0.15, 0.2) is 0 Å². The summed E-state index contributed by atoms with van der Waals surface area (Å²) in [5.74, 6) is 1.69. The first-order valence-electron chi connectivity index (χ1n) is 10.5. The van der Waals surface area contributed by atoms with Crippen molar-refractivity contribution >= 4 is 11.8 Å². The molecule has 4 saturated carbocycles. The minimum absolute atomic E-state index is 0.0479. The average Bonchev–Trinajstić information content (AvgIpc) is 2.98. The Morgan fingerprint density at radius 2 is 1.66 bits per heavy atom. The number of carbonyl (C=O) groups is 2. The first kappa shape index (κ1) is 17.2. The van der Waals surface area contributed by atoms with Gasteiger partial charge in [-0.1, -0.05) is 12.1 Å². The SMILES string of the molecule is COc1cnccc1C12CC3CC(C1)CC(N1C(=O)c4ccccc4C1=O)(C3)C2. The summed E-state index contributed by atoms with van der Waals surface area (Å²) in [6.45, 7) is 0. The summed E-state index contributed by atoms with van der Waals surface area (Å²) in [6, 6.07) is 9.35. The number of fused-ring (bicyclic) bond motifs is 1. The summed E-state index contributed by atoms with van der Waals surface area (Å²) in [6.07, 6.45) is 9.75. The Bertz CT molecular complexity index is 997. The van der Waals surface area contributed by atoms with E-state index in [1.165, 1.54) is 12.0 Å². The lowest BCUT2D eigenvalue weighted by Gasteiger charge is -2.64. The molecule has 0 saturated heterocycles. The number of hydrogen-bond donors (Lipinski definition) is 0. The number of amides is 2. The van der Waals surface area contributed by atoms with E-state index in [9.17, 15) is 9.59 Å². The third kappa shape index (κ3) is 2.19. The number of methoxy groups -OCH3 is 1. The topological polar surface area (TPSA) is 59.5 Å². The Hall–Kier alpha value is -2.69. The molecule has 2 heterocycles. The lowest BCUT2D eigenvalue weighted by atomic mass is 9.45. The maximum absolute atomic E-state index is 13.4. The Balaban J connectivity index is 1.47. The van der Waals surface area contributed by atoms with Gasteiger partial charge in [-0.25, -0.2) is 0 Å². The number of hydrogen-bond acceptors (Lipinski definition) is 4. The highest BCUT2D eigenvalue weighted by Crippen LogP contribution is 2.65. The molecular weight excluding hydrogens is 364 g/mol. The third-order valence-electron chi connectivity index (χ3n) is 7.87. The summed E-state index contributed by atoms with van der Waals surface area (Å²) < 4.78 is 5.68. The van der Waals surface area contributed by atoms with E-state index in [0.29, 0.717) is 23.0 Å². The Morgan fingerprint density at radius 1 is 1.00 bits per heavy atom. The zero-order chi connectivity index (χ0) is 19.8. The van der Waals surface area contributed by atoms with Gasteiger partial charge < -0.3 is 4.74 Å². The van der Waals surface area contributed by atoms with E-state index in [0.717, 1.165) is 37.9 Å². The fraction of sp³-hybridized carbons (Fsp3) is 0.458. The fourth-order valence-corrected chi connectivity index (χ4v) is 7.39. The van der Waals surface area contributed by atoms with Crippen molar-refractivity contribution in [3.05, 3.63) is 59.4 Å². The summed E-state index contributed by atoms with van der Waals surface area (Å²) in [5, 5.41) is 0. The van der Waals surface area contributed by atoms with Gasteiger partial charge in [-0.3, -0.25) is 19.5 Å². The number of imide groups is 1. The van der Waals surface area contributed by atoms with Crippen LogP contribution in [0.5, 0.6) is 5.75 Å². The molecular formula is C24H24N2O3. The molecule has 1 aromatic heterocycles. The Kier molecular flexibility index (Phi) is 3.37. The predicted molar refractivity (Wildman–Crippen MR) is 107 cm³/mol. The van der Waals surface area contributed by atoms with E-state index in [1.54, 1.807) is 30.3 Å². The molecule has 4 aliphatic carbocycles. The number of benzene rings is 1. The Morgan fingerprint density at radius 3 is 2.28 bits per heavy atom. The molecule has 5 heteroatoms. The summed E-state index contributed by atoms with van der Waals surface area (Å²) in [4.78, 5) is 32.6. The number of rotatable bonds is 3. The van der Waals surface area contributed by atoms with E-state index in [2.05, 4.69) is 11.1 Å². The van der Waals surface area contributed by atoms with E-state index in [-0.39, 0.29) is 22.8 Å². The second-order valence-electron chi connectivity index (χ2n) is 9.53. The molecule has 0 N–H and O–H groups in total. The van der Waals surface area contributed by atoms with Gasteiger partial charge in [0, 0.05) is 17.2 Å². The predicted octanol–water partition coefficient (Wildman–Crippen LogP) is 3.98. The number of ether oxygens (including phenoxy) is 1. The maximum atomic E-state index is 13.4. The molecule has 1 aliphatic heterocycles. The molecule has 7 rings (SSSR count). The van der Waals surface area contributed by atoms with Crippen LogP contribution in [-0.2, 0) is 5.41 Å². The van der Waals surface area contributed by atoms with Crippen LogP contribution in [0.3, 0.4) is 0 Å². The van der Waals surface area contributed by atoms with Crippen LogP contribution in [0.25, 0.3) is 0 Å². The van der Waals surface area contributed by atoms with Crippen LogP contribution >= 0.6 is 0 Å². The van der Waals surface area contributed by atoms with Crippen molar-refractivity contribution in [1.29, 1.82) is 0 Å². The number of pyridine rings is 1. The first-order chi connectivity index (χ1) is 14.1. The summed E-state index contributed by atoms with van der Waals surface area (Å²) in [7, 11) is 1.70. The molecule has 148 valence electrons. The van der Waals surface area contributed by atoms with Crippen molar-refractivity contribution in [2.45, 2.75) is 49.5 Å². The van der Waals surface area contributed by atoms with Crippen molar-refractivity contribution in [3.8, 4) is 5.75 Å². The lowest BCUT2D eigenvalue weighted by Crippen LogP contribution is -2.65. The summed E-state index contributed by atoms with van der Waals surface area (Å²) >= 11 is 0. The highest BCUT2D eigenvalue weighted by atomic mass is 16.5. The third-order valence-corrected chi connectivity index (χ3v) is 7.87. The zero-order valence-corrected chi connectivity index (χ0v) is 16.6.